The summed E-state index contributed by atoms with van der Waals surface area (Å²) in [6, 6.07) is 1.72. The van der Waals surface area contributed by atoms with Gasteiger partial charge < -0.3 is 10.2 Å². The Balaban J connectivity index is 2.19. The van der Waals surface area contributed by atoms with Crippen LogP contribution >= 0.6 is 11.3 Å². The summed E-state index contributed by atoms with van der Waals surface area (Å²) >= 11 is 1.63. The first-order valence-electron chi connectivity index (χ1n) is 5.73. The first kappa shape index (κ1) is 12.1. The number of thiophene rings is 1. The number of amides is 2. The molecule has 1 aliphatic heterocycles. The lowest BCUT2D eigenvalue weighted by Crippen LogP contribution is -2.57. The molecule has 17 heavy (non-hydrogen) atoms. The van der Waals surface area contributed by atoms with Gasteiger partial charge in [0, 0.05) is 4.88 Å². The van der Waals surface area contributed by atoms with Crippen LogP contribution in [-0.2, 0) is 16.1 Å². The van der Waals surface area contributed by atoms with Gasteiger partial charge >= 0.3 is 0 Å². The van der Waals surface area contributed by atoms with Crippen LogP contribution in [-0.4, -0.2) is 29.3 Å². The quantitative estimate of drug-likeness (QED) is 0.881. The molecule has 1 aliphatic rings. The molecule has 92 valence electrons. The molecule has 1 aromatic rings. The third-order valence-corrected chi connectivity index (χ3v) is 4.09. The molecule has 4 nitrogen and oxygen atoms in total. The van der Waals surface area contributed by atoms with Gasteiger partial charge in [0.2, 0.25) is 11.8 Å². The summed E-state index contributed by atoms with van der Waals surface area (Å²) < 4.78 is 0. The number of hydrogen-bond acceptors (Lipinski definition) is 3. The number of carbonyl (C=O) groups excluding carboxylic acids is 2. The maximum absolute atomic E-state index is 11.9. The van der Waals surface area contributed by atoms with Gasteiger partial charge in [-0.2, -0.15) is 0 Å². The zero-order valence-corrected chi connectivity index (χ0v) is 10.8. The third-order valence-electron chi connectivity index (χ3n) is 3.08. The summed E-state index contributed by atoms with van der Waals surface area (Å²) in [7, 11) is 0. The van der Waals surface area contributed by atoms with E-state index in [1.807, 2.05) is 25.3 Å². The van der Waals surface area contributed by atoms with Gasteiger partial charge in [-0.15, -0.1) is 11.3 Å². The van der Waals surface area contributed by atoms with Gasteiger partial charge in [-0.05, 0) is 30.4 Å². The Labute approximate surface area is 105 Å². The van der Waals surface area contributed by atoms with Gasteiger partial charge in [0.1, 0.15) is 6.04 Å². The van der Waals surface area contributed by atoms with Crippen LogP contribution in [0.25, 0.3) is 0 Å². The van der Waals surface area contributed by atoms with Crippen molar-refractivity contribution in [3.8, 4) is 0 Å². The fraction of sp³-hybridized carbons (Fsp3) is 0.500. The Bertz CT molecular complexity index is 441. The van der Waals surface area contributed by atoms with Crippen LogP contribution in [0.1, 0.15) is 23.8 Å². The molecular formula is C12H16N2O2S. The maximum atomic E-state index is 11.9. The molecule has 2 amide bonds. The van der Waals surface area contributed by atoms with Crippen LogP contribution in [0.4, 0.5) is 0 Å². The van der Waals surface area contributed by atoms with E-state index >= 15 is 0 Å². The summed E-state index contributed by atoms with van der Waals surface area (Å²) in [5, 5.41) is 4.64. The Morgan fingerprint density at radius 3 is 2.88 bits per heavy atom. The van der Waals surface area contributed by atoms with Gasteiger partial charge in [0.25, 0.3) is 0 Å². The average Bonchev–Trinajstić information content (AvgIpc) is 2.70. The topological polar surface area (TPSA) is 49.4 Å². The molecule has 1 N–H and O–H groups in total. The summed E-state index contributed by atoms with van der Waals surface area (Å²) in [5.74, 6) is -0.0365. The molecule has 2 heterocycles. The lowest BCUT2D eigenvalue weighted by atomic mass is 10.1. The Morgan fingerprint density at radius 2 is 2.29 bits per heavy atom. The van der Waals surface area contributed by atoms with Crippen molar-refractivity contribution < 1.29 is 9.59 Å². The number of piperazine rings is 1. The van der Waals surface area contributed by atoms with Gasteiger partial charge in [-0.25, -0.2) is 0 Å². The highest BCUT2D eigenvalue weighted by atomic mass is 32.1. The highest BCUT2D eigenvalue weighted by molar-refractivity contribution is 7.10. The molecule has 5 heteroatoms. The van der Waals surface area contributed by atoms with Crippen LogP contribution in [0, 0.1) is 6.92 Å². The molecule has 1 unspecified atom stereocenters. The van der Waals surface area contributed by atoms with Crippen molar-refractivity contribution in [1.82, 2.24) is 10.2 Å². The second kappa shape index (κ2) is 4.87. The average molecular weight is 252 g/mol. The van der Waals surface area contributed by atoms with E-state index in [0.29, 0.717) is 13.0 Å². The predicted octanol–water partition coefficient (Wildman–Crippen LogP) is 1.29. The van der Waals surface area contributed by atoms with Crippen LogP contribution in [0.3, 0.4) is 0 Å². The fourth-order valence-corrected chi connectivity index (χ4v) is 2.93. The molecule has 2 rings (SSSR count). The van der Waals surface area contributed by atoms with Crippen molar-refractivity contribution in [2.45, 2.75) is 32.9 Å². The minimum Gasteiger partial charge on any atom is -0.345 e. The second-order valence-corrected chi connectivity index (χ2v) is 5.19. The van der Waals surface area contributed by atoms with Crippen molar-refractivity contribution in [3.63, 3.8) is 0 Å². The number of aryl methyl sites for hydroxylation is 1. The SMILES string of the molecule is CCC1C(=O)NCC(=O)N1Cc1sccc1C. The van der Waals surface area contributed by atoms with Gasteiger partial charge in [0.05, 0.1) is 13.1 Å². The van der Waals surface area contributed by atoms with E-state index in [1.54, 1.807) is 16.2 Å². The zero-order chi connectivity index (χ0) is 12.4. The number of hydrogen-bond donors (Lipinski definition) is 1. The van der Waals surface area contributed by atoms with E-state index in [4.69, 9.17) is 0 Å². The van der Waals surface area contributed by atoms with Crippen molar-refractivity contribution in [3.05, 3.63) is 21.9 Å². The number of nitrogens with zero attached hydrogens (tertiary/aromatic N) is 1. The van der Waals surface area contributed by atoms with E-state index < -0.39 is 0 Å². The molecule has 1 atom stereocenters. The minimum atomic E-state index is -0.322. The summed E-state index contributed by atoms with van der Waals surface area (Å²) in [6.45, 7) is 4.63. The minimum absolute atomic E-state index is 0.00394. The number of rotatable bonds is 3. The monoisotopic (exact) mass is 252 g/mol. The zero-order valence-electron chi connectivity index (χ0n) is 10.0. The smallest absolute Gasteiger partial charge is 0.243 e. The molecular weight excluding hydrogens is 236 g/mol. The lowest BCUT2D eigenvalue weighted by Gasteiger charge is -2.34. The first-order chi connectivity index (χ1) is 8.13. The summed E-state index contributed by atoms with van der Waals surface area (Å²) in [6.07, 6.45) is 0.655. The number of carbonyl (C=O) groups is 2. The van der Waals surface area contributed by atoms with Crippen LogP contribution in [0.5, 0.6) is 0 Å². The van der Waals surface area contributed by atoms with E-state index in [-0.39, 0.29) is 24.4 Å². The second-order valence-electron chi connectivity index (χ2n) is 4.19. The largest absolute Gasteiger partial charge is 0.345 e. The van der Waals surface area contributed by atoms with E-state index in [1.165, 1.54) is 5.56 Å². The lowest BCUT2D eigenvalue weighted by molar-refractivity contribution is -0.146. The molecule has 0 spiro atoms. The Kier molecular flexibility index (Phi) is 3.47. The predicted molar refractivity (Wildman–Crippen MR) is 66.7 cm³/mol. The molecule has 1 aromatic heterocycles. The third kappa shape index (κ3) is 2.34. The van der Waals surface area contributed by atoms with Gasteiger partial charge in [-0.3, -0.25) is 9.59 Å². The highest BCUT2D eigenvalue weighted by Crippen LogP contribution is 2.21. The summed E-state index contributed by atoms with van der Waals surface area (Å²) in [4.78, 5) is 26.4. The standard InChI is InChI=1S/C12H16N2O2S/c1-3-9-12(16)13-6-11(15)14(9)7-10-8(2)4-5-17-10/h4-5,9H,3,6-7H2,1-2H3,(H,13,16). The van der Waals surface area contributed by atoms with E-state index in [0.717, 1.165) is 4.88 Å². The maximum Gasteiger partial charge on any atom is 0.243 e. The molecule has 0 aliphatic carbocycles. The van der Waals surface area contributed by atoms with Crippen molar-refractivity contribution in [2.75, 3.05) is 6.54 Å². The Hall–Kier alpha value is -1.36. The molecule has 1 saturated heterocycles. The van der Waals surface area contributed by atoms with Gasteiger partial charge in [-0.1, -0.05) is 6.92 Å². The van der Waals surface area contributed by atoms with Crippen molar-refractivity contribution in [1.29, 1.82) is 0 Å². The normalized spacial score (nSPS) is 20.6. The molecule has 0 radical (unpaired) electrons. The van der Waals surface area contributed by atoms with Crippen LogP contribution in [0.15, 0.2) is 11.4 Å². The summed E-state index contributed by atoms with van der Waals surface area (Å²) in [5.41, 5.74) is 1.18. The van der Waals surface area contributed by atoms with Crippen molar-refractivity contribution in [2.24, 2.45) is 0 Å². The molecule has 0 bridgehead atoms. The van der Waals surface area contributed by atoms with Gasteiger partial charge in [0.15, 0.2) is 0 Å². The highest BCUT2D eigenvalue weighted by Gasteiger charge is 2.33. The van der Waals surface area contributed by atoms with Crippen LogP contribution in [0.2, 0.25) is 0 Å². The van der Waals surface area contributed by atoms with E-state index in [9.17, 15) is 9.59 Å². The van der Waals surface area contributed by atoms with E-state index in [2.05, 4.69) is 5.32 Å². The fourth-order valence-electron chi connectivity index (χ4n) is 2.02. The number of nitrogens with one attached hydrogen (secondary N) is 1. The molecule has 1 fully saturated rings. The molecule has 0 aromatic carbocycles. The van der Waals surface area contributed by atoms with Crippen LogP contribution < -0.4 is 5.32 Å². The van der Waals surface area contributed by atoms with Crippen molar-refractivity contribution >= 4 is 23.2 Å². The first-order valence-corrected chi connectivity index (χ1v) is 6.61. The Morgan fingerprint density at radius 1 is 1.53 bits per heavy atom. The molecule has 0 saturated carbocycles.